The van der Waals surface area contributed by atoms with Gasteiger partial charge in [0.15, 0.2) is 17.5 Å². The fraction of sp³-hybridized carbons (Fsp3) is 0.523. The van der Waals surface area contributed by atoms with Crippen LogP contribution in [0.4, 0.5) is 11.4 Å². The minimum Gasteiger partial charge on any atom is -0.773 e. The first-order valence-electron chi connectivity index (χ1n) is 19.2. The van der Waals surface area contributed by atoms with Crippen LogP contribution in [0.3, 0.4) is 0 Å². The molecule has 1 saturated carbocycles. The predicted octanol–water partition coefficient (Wildman–Crippen LogP) is 9.19. The highest BCUT2D eigenvalue weighted by molar-refractivity contribution is 7.78. The van der Waals surface area contributed by atoms with Crippen molar-refractivity contribution in [2.45, 2.75) is 107 Å². The molecule has 12 heteroatoms. The number of ether oxygens (including phenoxy) is 1. The number of nitrogens with two attached hydrogens (primary N) is 1. The molecule has 5 rings (SSSR count). The molecule has 1 aromatic heterocycles. The summed E-state index contributed by atoms with van der Waals surface area (Å²) in [7, 11) is 0. The Bertz CT molecular complexity index is 2040. The van der Waals surface area contributed by atoms with Gasteiger partial charge in [0.1, 0.15) is 11.7 Å². The number of nitrogens with zero attached hydrogens (tertiary/aromatic N) is 6. The van der Waals surface area contributed by atoms with Gasteiger partial charge in [0.2, 0.25) is 5.70 Å². The van der Waals surface area contributed by atoms with Crippen molar-refractivity contribution in [2.75, 3.05) is 17.7 Å². The molecule has 2 N–H and O–H groups in total. The maximum Gasteiger partial charge on any atom is 0.331 e. The Morgan fingerprint density at radius 1 is 1.07 bits per heavy atom. The molecule has 1 aliphatic heterocycles. The molecule has 0 radical (unpaired) electrons. The highest BCUT2D eigenvalue weighted by Gasteiger charge is 2.49. The number of carbonyl (C=O) groups is 1. The summed E-state index contributed by atoms with van der Waals surface area (Å²) in [6.07, 6.45) is 2.67. The van der Waals surface area contributed by atoms with Crippen molar-refractivity contribution in [1.29, 1.82) is 0 Å². The van der Waals surface area contributed by atoms with Crippen LogP contribution in [-0.2, 0) is 26.0 Å². The van der Waals surface area contributed by atoms with E-state index in [1.54, 1.807) is 0 Å². The lowest BCUT2D eigenvalue weighted by molar-refractivity contribution is -0.162. The molecule has 2 heterocycles. The van der Waals surface area contributed by atoms with Crippen molar-refractivity contribution in [2.24, 2.45) is 39.3 Å². The van der Waals surface area contributed by atoms with E-state index in [1.165, 1.54) is 10.2 Å². The summed E-state index contributed by atoms with van der Waals surface area (Å²) in [6.45, 7) is 39.1. The third-order valence-electron chi connectivity index (χ3n) is 10.8. The van der Waals surface area contributed by atoms with Crippen LogP contribution in [0.15, 0.2) is 65.6 Å². The average Bonchev–Trinajstić information content (AvgIpc) is 3.62. The van der Waals surface area contributed by atoms with Crippen LogP contribution < -0.4 is 10.6 Å². The first kappa shape index (κ1) is 44.1. The highest BCUT2D eigenvalue weighted by atomic mass is 32.2. The van der Waals surface area contributed by atoms with Gasteiger partial charge in [-0.25, -0.2) is 24.3 Å². The van der Waals surface area contributed by atoms with E-state index >= 15 is 0 Å². The van der Waals surface area contributed by atoms with E-state index in [1.807, 2.05) is 49.1 Å². The number of benzene rings is 2. The molecule has 56 heavy (non-hydrogen) atoms. The Morgan fingerprint density at radius 2 is 1.62 bits per heavy atom. The molecule has 1 aliphatic carbocycles. The molecule has 302 valence electrons. The summed E-state index contributed by atoms with van der Waals surface area (Å²) in [5.41, 5.74) is 10.4. The smallest absolute Gasteiger partial charge is 0.331 e. The van der Waals surface area contributed by atoms with Crippen molar-refractivity contribution in [3.8, 4) is 11.4 Å². The van der Waals surface area contributed by atoms with E-state index in [-0.39, 0.29) is 57.1 Å². The molecule has 1 fully saturated rings. The van der Waals surface area contributed by atoms with Gasteiger partial charge in [0, 0.05) is 29.6 Å². The quantitative estimate of drug-likeness (QED) is 0.142. The average molecular weight is 783 g/mol. The number of esters is 1. The largest absolute Gasteiger partial charge is 0.773 e. The minimum atomic E-state index is -1.86. The summed E-state index contributed by atoms with van der Waals surface area (Å²) >= 11 is -1.86. The zero-order valence-electron chi connectivity index (χ0n) is 35.5. The fourth-order valence-electron chi connectivity index (χ4n) is 7.73. The van der Waals surface area contributed by atoms with Gasteiger partial charge in [-0.15, -0.1) is 5.10 Å². The second-order valence-corrected chi connectivity index (χ2v) is 19.1. The van der Waals surface area contributed by atoms with E-state index in [4.69, 9.17) is 40.9 Å². The summed E-state index contributed by atoms with van der Waals surface area (Å²) < 4.78 is 26.2. The van der Waals surface area contributed by atoms with Crippen LogP contribution in [-0.4, -0.2) is 54.2 Å². The van der Waals surface area contributed by atoms with Gasteiger partial charge in [-0.3, -0.25) is 4.21 Å². The van der Waals surface area contributed by atoms with Gasteiger partial charge in [0.05, 0.1) is 18.1 Å². The van der Waals surface area contributed by atoms with Gasteiger partial charge in [-0.05, 0) is 84.4 Å². The van der Waals surface area contributed by atoms with Gasteiger partial charge in [-0.1, -0.05) is 111 Å². The first-order valence-corrected chi connectivity index (χ1v) is 20.7. The Balaban J connectivity index is 0.00000166. The van der Waals surface area contributed by atoms with Crippen LogP contribution in [0.5, 0.6) is 0 Å². The minimum absolute atomic E-state index is 0.0162. The van der Waals surface area contributed by atoms with E-state index in [0.717, 1.165) is 35.9 Å². The number of aryl methyl sites for hydroxylation is 1. The highest BCUT2D eigenvalue weighted by Crippen LogP contribution is 2.50. The second kappa shape index (κ2) is 16.9. The molecule has 0 bridgehead atoms. The van der Waals surface area contributed by atoms with Crippen molar-refractivity contribution in [3.63, 3.8) is 0 Å². The zero-order chi connectivity index (χ0) is 42.1. The van der Waals surface area contributed by atoms with Crippen LogP contribution >= 0.6 is 0 Å². The molecular weight excluding hydrogens is 723 g/mol. The van der Waals surface area contributed by atoms with E-state index in [2.05, 4.69) is 92.8 Å². The normalized spacial score (nSPS) is 21.1. The number of anilines is 1. The molecule has 2 aliphatic rings. The maximum atomic E-state index is 14.7. The van der Waals surface area contributed by atoms with Crippen LogP contribution in [0.2, 0.25) is 0 Å². The molecule has 0 amide bonds. The third kappa shape index (κ3) is 9.85. The topological polar surface area (TPSA) is 143 Å². The van der Waals surface area contributed by atoms with Gasteiger partial charge < -0.3 is 19.9 Å². The molecule has 11 nitrogen and oxygen atoms in total. The van der Waals surface area contributed by atoms with Gasteiger partial charge in [-0.2, -0.15) is 0 Å². The Morgan fingerprint density at radius 3 is 2.07 bits per heavy atom. The summed E-state index contributed by atoms with van der Waals surface area (Å²) in [6, 6.07) is 13.9. The Hall–Kier alpha value is -4.60. The van der Waals surface area contributed by atoms with Crippen molar-refractivity contribution >= 4 is 39.8 Å². The number of hydrogen-bond acceptors (Lipinski definition) is 9. The number of carbonyl (C=O) groups excluding carboxylic acids is 1. The number of allylic oxidation sites excluding steroid dienone is 1. The molecule has 3 atom stereocenters. The number of hydrogen-bond donors (Lipinski definition) is 1. The number of aliphatic imine (C=N–C) groups is 1. The standard InChI is InChI=1S/C43H57N7O2.CH4O2S/c1-15-49(27(4)44)30-20-21-33(26(3)24-30)46-39-35(45-14)34(38-47-37(48-50(38)39)28-16-18-29(19-17-28)41(5,6)7)40(51)52-36-31(42(8,9)10)22-25(2)23-32(36)43(11,12)13;1-4(2)3/h16-21,24-25,31-32,36H,4,15,22-23,44H2,1-3,5-13H3;1H3,(H,2,3)/p-1. The molecular formula is C44H60N7O4S-. The summed E-state index contributed by atoms with van der Waals surface area (Å²) in [5, 5.41) is 4.88. The summed E-state index contributed by atoms with van der Waals surface area (Å²) in [5.74, 6) is 1.61. The molecule has 0 saturated heterocycles. The fourth-order valence-corrected chi connectivity index (χ4v) is 7.73. The van der Waals surface area contributed by atoms with Gasteiger partial charge >= 0.3 is 5.97 Å². The third-order valence-corrected chi connectivity index (χ3v) is 10.8. The SMILES string of the molecule is CS(=O)[O-].[C-]#[N+]C1=C(C(=O)OC2C(C(C)(C)C)CC(C)CC2C(C)(C)C)c2nc(-c3ccc(C(C)(C)C)cc3)nn2C1=Nc1ccc(N(CC)C(=C)N)cc1C. The molecule has 3 aromatic rings. The number of fused-ring (bicyclic) bond motifs is 1. The van der Waals surface area contributed by atoms with Crippen LogP contribution in [0.25, 0.3) is 21.8 Å². The lowest BCUT2D eigenvalue weighted by Gasteiger charge is -2.50. The summed E-state index contributed by atoms with van der Waals surface area (Å²) in [4.78, 5) is 30.4. The van der Waals surface area contributed by atoms with Gasteiger partial charge in [0.25, 0.3) is 0 Å². The predicted molar refractivity (Wildman–Crippen MR) is 227 cm³/mol. The van der Waals surface area contributed by atoms with E-state index < -0.39 is 17.0 Å². The monoisotopic (exact) mass is 782 g/mol. The van der Waals surface area contributed by atoms with Crippen LogP contribution in [0, 0.1) is 42.1 Å². The number of rotatable bonds is 7. The van der Waals surface area contributed by atoms with Crippen LogP contribution in [0.1, 0.15) is 106 Å². The first-order chi connectivity index (χ1) is 25.9. The molecule has 3 unspecified atom stereocenters. The lowest BCUT2D eigenvalue weighted by Crippen LogP contribution is -2.49. The Labute approximate surface area is 336 Å². The number of aromatic nitrogens is 3. The molecule has 2 aromatic carbocycles. The second-order valence-electron chi connectivity index (χ2n) is 18.3. The maximum absolute atomic E-state index is 14.7. The zero-order valence-corrected chi connectivity index (χ0v) is 36.3. The lowest BCUT2D eigenvalue weighted by atomic mass is 9.59. The van der Waals surface area contributed by atoms with Crippen molar-refractivity contribution in [1.82, 2.24) is 14.8 Å². The van der Waals surface area contributed by atoms with Crippen molar-refractivity contribution in [3.05, 3.63) is 88.9 Å². The van der Waals surface area contributed by atoms with E-state index in [9.17, 15) is 4.79 Å². The Kier molecular flexibility index (Phi) is 13.3. The van der Waals surface area contributed by atoms with E-state index in [0.29, 0.717) is 29.8 Å². The van der Waals surface area contributed by atoms with Crippen molar-refractivity contribution < 1.29 is 18.3 Å². The molecule has 0 spiro atoms.